The van der Waals surface area contributed by atoms with Crippen LogP contribution >= 0.6 is 11.8 Å². The van der Waals surface area contributed by atoms with Crippen LogP contribution in [0.4, 0.5) is 4.79 Å². The van der Waals surface area contributed by atoms with Gasteiger partial charge >= 0.3 is 0 Å². The molecule has 1 aliphatic heterocycles. The van der Waals surface area contributed by atoms with Crippen LogP contribution in [0.1, 0.15) is 25.0 Å². The highest BCUT2D eigenvalue weighted by atomic mass is 32.2. The van der Waals surface area contributed by atoms with Gasteiger partial charge in [0, 0.05) is 5.56 Å². The minimum Gasteiger partial charge on any atom is -0.494 e. The first-order chi connectivity index (χ1) is 16.5. The van der Waals surface area contributed by atoms with E-state index in [1.807, 2.05) is 75.4 Å². The van der Waals surface area contributed by atoms with E-state index in [0.717, 1.165) is 39.4 Å². The molecule has 2 amide bonds. The van der Waals surface area contributed by atoms with Crippen molar-refractivity contribution in [2.75, 3.05) is 26.4 Å². The number of carbonyl (C=O) groups is 2. The van der Waals surface area contributed by atoms with Crippen LogP contribution in [0.3, 0.4) is 0 Å². The number of amides is 2. The van der Waals surface area contributed by atoms with Crippen LogP contribution < -0.4 is 14.2 Å². The van der Waals surface area contributed by atoms with E-state index in [1.165, 1.54) is 4.90 Å². The van der Waals surface area contributed by atoms with Crippen LogP contribution in [-0.4, -0.2) is 42.4 Å². The number of hydrogen-bond acceptors (Lipinski definition) is 6. The predicted molar refractivity (Wildman–Crippen MR) is 136 cm³/mol. The molecule has 3 aromatic carbocycles. The number of ether oxygens (including phenoxy) is 3. The molecule has 4 rings (SSSR count). The number of benzene rings is 3. The van der Waals surface area contributed by atoms with Crippen LogP contribution in [0.2, 0.25) is 0 Å². The molecule has 0 bridgehead atoms. The third-order valence-corrected chi connectivity index (χ3v) is 6.27. The quantitative estimate of drug-likeness (QED) is 0.349. The van der Waals surface area contributed by atoms with Crippen molar-refractivity contribution < 1.29 is 23.8 Å². The van der Waals surface area contributed by atoms with E-state index < -0.39 is 0 Å². The average molecular weight is 478 g/mol. The fourth-order valence-corrected chi connectivity index (χ4v) is 4.55. The van der Waals surface area contributed by atoms with Crippen molar-refractivity contribution >= 4 is 39.8 Å². The molecule has 34 heavy (non-hydrogen) atoms. The van der Waals surface area contributed by atoms with Gasteiger partial charge in [0.1, 0.15) is 23.9 Å². The van der Waals surface area contributed by atoms with Gasteiger partial charge in [0.15, 0.2) is 0 Å². The average Bonchev–Trinajstić information content (AvgIpc) is 3.09. The van der Waals surface area contributed by atoms with Crippen molar-refractivity contribution in [1.82, 2.24) is 4.90 Å². The summed E-state index contributed by atoms with van der Waals surface area (Å²) in [7, 11) is 0. The van der Waals surface area contributed by atoms with Crippen molar-refractivity contribution in [3.05, 3.63) is 70.6 Å². The number of fused-ring (bicyclic) bond motifs is 1. The first-order valence-electron chi connectivity index (χ1n) is 11.3. The zero-order valence-electron chi connectivity index (χ0n) is 19.5. The minimum absolute atomic E-state index is 0.179. The number of aryl methyl sites for hydroxylation is 1. The SMILES string of the molecule is CCOc1ccc2ccc(OCC)c(/C=C3\SC(=O)N(CCOc4ccc(C)cc4)C3=O)c2c1. The second kappa shape index (κ2) is 10.7. The summed E-state index contributed by atoms with van der Waals surface area (Å²) in [6.07, 6.45) is 1.74. The summed E-state index contributed by atoms with van der Waals surface area (Å²) in [5.41, 5.74) is 1.89. The monoisotopic (exact) mass is 477 g/mol. The molecule has 1 heterocycles. The van der Waals surface area contributed by atoms with Gasteiger partial charge in [-0.25, -0.2) is 0 Å². The summed E-state index contributed by atoms with van der Waals surface area (Å²) in [4.78, 5) is 27.3. The molecule has 0 N–H and O–H groups in total. The van der Waals surface area contributed by atoms with Crippen molar-refractivity contribution in [1.29, 1.82) is 0 Å². The van der Waals surface area contributed by atoms with Crippen molar-refractivity contribution in [2.45, 2.75) is 20.8 Å². The number of nitrogens with zero attached hydrogens (tertiary/aromatic N) is 1. The summed E-state index contributed by atoms with van der Waals surface area (Å²) in [6.45, 7) is 7.28. The molecule has 1 fully saturated rings. The van der Waals surface area contributed by atoms with E-state index in [4.69, 9.17) is 14.2 Å². The lowest BCUT2D eigenvalue weighted by Gasteiger charge is -2.14. The lowest BCUT2D eigenvalue weighted by Crippen LogP contribution is -2.32. The maximum Gasteiger partial charge on any atom is 0.293 e. The first-order valence-corrected chi connectivity index (χ1v) is 12.1. The third kappa shape index (κ3) is 5.20. The summed E-state index contributed by atoms with van der Waals surface area (Å²) in [5.74, 6) is 1.76. The molecule has 0 unspecified atom stereocenters. The Hall–Kier alpha value is -3.45. The molecule has 1 saturated heterocycles. The Morgan fingerprint density at radius 2 is 1.59 bits per heavy atom. The van der Waals surface area contributed by atoms with E-state index in [-0.39, 0.29) is 24.3 Å². The van der Waals surface area contributed by atoms with Crippen LogP contribution in [0.15, 0.2) is 59.5 Å². The van der Waals surface area contributed by atoms with Crippen LogP contribution in [0.5, 0.6) is 17.2 Å². The minimum atomic E-state index is -0.331. The molecular formula is C27H27NO5S. The molecular weight excluding hydrogens is 450 g/mol. The van der Waals surface area contributed by atoms with Crippen LogP contribution in [-0.2, 0) is 4.79 Å². The number of thioether (sulfide) groups is 1. The fourth-order valence-electron chi connectivity index (χ4n) is 3.70. The predicted octanol–water partition coefficient (Wildman–Crippen LogP) is 6.06. The molecule has 0 radical (unpaired) electrons. The van der Waals surface area contributed by atoms with Gasteiger partial charge in [-0.05, 0) is 79.7 Å². The molecule has 0 spiro atoms. The van der Waals surface area contributed by atoms with Crippen LogP contribution in [0, 0.1) is 6.92 Å². The van der Waals surface area contributed by atoms with Crippen molar-refractivity contribution in [3.63, 3.8) is 0 Å². The van der Waals surface area contributed by atoms with E-state index >= 15 is 0 Å². The van der Waals surface area contributed by atoms with Crippen LogP contribution in [0.25, 0.3) is 16.8 Å². The van der Waals surface area contributed by atoms with Gasteiger partial charge in [-0.1, -0.05) is 29.8 Å². The van der Waals surface area contributed by atoms with E-state index in [9.17, 15) is 9.59 Å². The van der Waals surface area contributed by atoms with Crippen molar-refractivity contribution in [2.24, 2.45) is 0 Å². The zero-order chi connectivity index (χ0) is 24.1. The standard InChI is InChI=1S/C27H27NO5S/c1-4-31-21-12-8-19-9-13-24(32-5-2)23(22(19)16-21)17-25-26(29)28(27(30)34-25)14-15-33-20-10-6-18(3)7-11-20/h6-13,16-17H,4-5,14-15H2,1-3H3/b25-17-. The number of imide groups is 1. The lowest BCUT2D eigenvalue weighted by molar-refractivity contribution is -0.123. The summed E-state index contributed by atoms with van der Waals surface area (Å²) in [6, 6.07) is 17.3. The molecule has 0 saturated carbocycles. The highest BCUT2D eigenvalue weighted by Gasteiger charge is 2.35. The molecule has 1 aliphatic rings. The Bertz CT molecular complexity index is 1230. The van der Waals surface area contributed by atoms with Crippen molar-refractivity contribution in [3.8, 4) is 17.2 Å². The smallest absolute Gasteiger partial charge is 0.293 e. The number of rotatable bonds is 9. The topological polar surface area (TPSA) is 65.1 Å². The lowest BCUT2D eigenvalue weighted by atomic mass is 10.0. The second-order valence-electron chi connectivity index (χ2n) is 7.72. The Labute approximate surface area is 203 Å². The Kier molecular flexibility index (Phi) is 7.43. The van der Waals surface area contributed by atoms with Gasteiger partial charge < -0.3 is 14.2 Å². The fraction of sp³-hybridized carbons (Fsp3) is 0.259. The molecule has 0 aromatic heterocycles. The van der Waals surface area contributed by atoms with Gasteiger partial charge in [-0.2, -0.15) is 0 Å². The first kappa shape index (κ1) is 23.7. The van der Waals surface area contributed by atoms with Gasteiger partial charge in [-0.3, -0.25) is 14.5 Å². The van der Waals surface area contributed by atoms with Gasteiger partial charge in [0.25, 0.3) is 11.1 Å². The van der Waals surface area contributed by atoms with E-state index in [1.54, 1.807) is 6.08 Å². The molecule has 7 heteroatoms. The third-order valence-electron chi connectivity index (χ3n) is 5.36. The molecule has 6 nitrogen and oxygen atoms in total. The second-order valence-corrected chi connectivity index (χ2v) is 8.71. The largest absolute Gasteiger partial charge is 0.494 e. The van der Waals surface area contributed by atoms with E-state index in [2.05, 4.69) is 0 Å². The summed E-state index contributed by atoms with van der Waals surface area (Å²) in [5, 5.41) is 1.58. The summed E-state index contributed by atoms with van der Waals surface area (Å²) < 4.78 is 17.2. The Balaban J connectivity index is 1.59. The molecule has 0 atom stereocenters. The van der Waals surface area contributed by atoms with Gasteiger partial charge in [-0.15, -0.1) is 0 Å². The maximum atomic E-state index is 13.1. The highest BCUT2D eigenvalue weighted by Crippen LogP contribution is 2.37. The Morgan fingerprint density at radius 1 is 0.882 bits per heavy atom. The highest BCUT2D eigenvalue weighted by molar-refractivity contribution is 8.18. The van der Waals surface area contributed by atoms with E-state index in [0.29, 0.717) is 29.6 Å². The number of carbonyl (C=O) groups excluding carboxylic acids is 2. The molecule has 3 aromatic rings. The Morgan fingerprint density at radius 3 is 2.32 bits per heavy atom. The van der Waals surface area contributed by atoms with Gasteiger partial charge in [0.05, 0.1) is 24.7 Å². The summed E-state index contributed by atoms with van der Waals surface area (Å²) >= 11 is 0.931. The normalized spacial score (nSPS) is 14.8. The maximum absolute atomic E-state index is 13.1. The molecule has 176 valence electrons. The zero-order valence-corrected chi connectivity index (χ0v) is 20.3. The number of hydrogen-bond donors (Lipinski definition) is 0. The molecule has 0 aliphatic carbocycles. The van der Waals surface area contributed by atoms with Gasteiger partial charge in [0.2, 0.25) is 0 Å².